The van der Waals surface area contributed by atoms with Gasteiger partial charge in [0.2, 0.25) is 0 Å². The van der Waals surface area contributed by atoms with E-state index >= 15 is 0 Å². The maximum atomic E-state index is 13.5. The highest BCUT2D eigenvalue weighted by molar-refractivity contribution is 5.92. The predicted molar refractivity (Wildman–Crippen MR) is 82.9 cm³/mol. The van der Waals surface area contributed by atoms with E-state index in [9.17, 15) is 4.39 Å². The zero-order valence-corrected chi connectivity index (χ0v) is 12.9. The third-order valence-electron chi connectivity index (χ3n) is 3.84. The molecular formula is C17H21FN2O. The summed E-state index contributed by atoms with van der Waals surface area (Å²) < 4.78 is 19.7. The molecule has 0 radical (unpaired) electrons. The molecule has 0 fully saturated rings. The average molecular weight is 288 g/mol. The zero-order valence-electron chi connectivity index (χ0n) is 12.9. The third kappa shape index (κ3) is 2.39. The Morgan fingerprint density at radius 1 is 1.29 bits per heavy atom. The molecule has 0 bridgehead atoms. The van der Waals surface area contributed by atoms with Gasteiger partial charge >= 0.3 is 0 Å². The summed E-state index contributed by atoms with van der Waals surface area (Å²) in [5.41, 5.74) is 2.89. The van der Waals surface area contributed by atoms with Crippen LogP contribution in [0.15, 0.2) is 30.1 Å². The molecule has 0 aliphatic carbocycles. The number of aromatic nitrogens is 1. The number of ether oxygens (including phenoxy) is 1. The lowest BCUT2D eigenvalue weighted by Crippen LogP contribution is -2.36. The van der Waals surface area contributed by atoms with Crippen molar-refractivity contribution >= 4 is 16.7 Å². The Bertz CT molecular complexity index is 709. The van der Waals surface area contributed by atoms with Crippen LogP contribution in [0.3, 0.4) is 0 Å². The van der Waals surface area contributed by atoms with Gasteiger partial charge in [-0.25, -0.2) is 4.39 Å². The highest BCUT2D eigenvalue weighted by Crippen LogP contribution is 2.37. The fraction of sp³-hybridized carbons (Fsp3) is 0.412. The SMILES string of the molecule is CCC1=C(c2c[nH]c3ccc(F)cc23)OC(C(C)(C)C)N1. The maximum Gasteiger partial charge on any atom is 0.174 e. The third-order valence-corrected chi connectivity index (χ3v) is 3.84. The summed E-state index contributed by atoms with van der Waals surface area (Å²) in [5, 5.41) is 4.30. The van der Waals surface area contributed by atoms with E-state index in [1.165, 1.54) is 6.07 Å². The van der Waals surface area contributed by atoms with Crippen molar-refractivity contribution in [2.45, 2.75) is 40.3 Å². The molecule has 1 atom stereocenters. The molecule has 4 heteroatoms. The standard InChI is InChI=1S/C17H21FN2O/c1-5-13-15(21-16(20-13)17(2,3)4)12-9-19-14-7-6-10(18)8-11(12)14/h6-9,16,19-20H,5H2,1-4H3. The molecule has 1 aromatic carbocycles. The molecule has 0 saturated carbocycles. The Balaban J connectivity index is 2.06. The van der Waals surface area contributed by atoms with Crippen LogP contribution in [0.4, 0.5) is 4.39 Å². The van der Waals surface area contributed by atoms with Gasteiger partial charge in [-0.2, -0.15) is 0 Å². The van der Waals surface area contributed by atoms with Gasteiger partial charge in [0.25, 0.3) is 0 Å². The van der Waals surface area contributed by atoms with Gasteiger partial charge in [0.15, 0.2) is 12.0 Å². The lowest BCUT2D eigenvalue weighted by molar-refractivity contribution is 0.0611. The highest BCUT2D eigenvalue weighted by atomic mass is 19.1. The minimum atomic E-state index is -0.236. The van der Waals surface area contributed by atoms with Crippen LogP contribution in [0.2, 0.25) is 0 Å². The minimum Gasteiger partial charge on any atom is -0.468 e. The summed E-state index contributed by atoms with van der Waals surface area (Å²) in [6.07, 6.45) is 2.67. The number of allylic oxidation sites excluding steroid dienone is 1. The van der Waals surface area contributed by atoms with Crippen molar-refractivity contribution in [1.29, 1.82) is 0 Å². The number of halogens is 1. The van der Waals surface area contributed by atoms with Crippen LogP contribution in [0.1, 0.15) is 39.7 Å². The summed E-state index contributed by atoms with van der Waals surface area (Å²) >= 11 is 0. The number of aromatic amines is 1. The first-order valence-electron chi connectivity index (χ1n) is 7.33. The monoisotopic (exact) mass is 288 g/mol. The molecule has 112 valence electrons. The van der Waals surface area contributed by atoms with Gasteiger partial charge in [0.1, 0.15) is 5.82 Å². The first-order chi connectivity index (χ1) is 9.90. The second kappa shape index (κ2) is 4.79. The van der Waals surface area contributed by atoms with E-state index in [0.717, 1.165) is 34.3 Å². The Morgan fingerprint density at radius 2 is 2.05 bits per heavy atom. The van der Waals surface area contributed by atoms with Crippen molar-refractivity contribution in [3.05, 3.63) is 41.5 Å². The minimum absolute atomic E-state index is 0.0144. The van der Waals surface area contributed by atoms with Crippen LogP contribution in [-0.2, 0) is 4.74 Å². The van der Waals surface area contributed by atoms with Gasteiger partial charge in [0, 0.05) is 28.1 Å². The molecule has 21 heavy (non-hydrogen) atoms. The molecular weight excluding hydrogens is 267 g/mol. The van der Waals surface area contributed by atoms with E-state index in [1.807, 2.05) is 6.20 Å². The molecule has 2 N–H and O–H groups in total. The van der Waals surface area contributed by atoms with Crippen LogP contribution in [0, 0.1) is 11.2 Å². The molecule has 0 spiro atoms. The van der Waals surface area contributed by atoms with Crippen molar-refractivity contribution < 1.29 is 9.13 Å². The average Bonchev–Trinajstić information content (AvgIpc) is 3.00. The molecule has 1 aliphatic rings. The van der Waals surface area contributed by atoms with Gasteiger partial charge in [-0.15, -0.1) is 0 Å². The fourth-order valence-electron chi connectivity index (χ4n) is 2.60. The summed E-state index contributed by atoms with van der Waals surface area (Å²) in [4.78, 5) is 3.18. The van der Waals surface area contributed by atoms with Crippen LogP contribution in [-0.4, -0.2) is 11.2 Å². The second-order valence-electron chi connectivity index (χ2n) is 6.56. The van der Waals surface area contributed by atoms with E-state index in [4.69, 9.17) is 4.74 Å². The molecule has 1 unspecified atom stereocenters. The van der Waals surface area contributed by atoms with Crippen molar-refractivity contribution in [2.75, 3.05) is 0 Å². The first-order valence-corrected chi connectivity index (χ1v) is 7.33. The fourth-order valence-corrected chi connectivity index (χ4v) is 2.60. The summed E-state index contributed by atoms with van der Waals surface area (Å²) in [6, 6.07) is 4.77. The van der Waals surface area contributed by atoms with Gasteiger partial charge in [-0.3, -0.25) is 0 Å². The number of fused-ring (bicyclic) bond motifs is 1. The van der Waals surface area contributed by atoms with Crippen LogP contribution < -0.4 is 5.32 Å². The zero-order chi connectivity index (χ0) is 15.2. The van der Waals surface area contributed by atoms with Crippen molar-refractivity contribution in [1.82, 2.24) is 10.3 Å². The van der Waals surface area contributed by atoms with Gasteiger partial charge < -0.3 is 15.0 Å². The molecule has 3 nitrogen and oxygen atoms in total. The Hall–Kier alpha value is -1.97. The summed E-state index contributed by atoms with van der Waals surface area (Å²) in [6.45, 7) is 8.49. The predicted octanol–water partition coefficient (Wildman–Crippen LogP) is 4.38. The smallest absolute Gasteiger partial charge is 0.174 e. The molecule has 2 heterocycles. The number of hydrogen-bond acceptors (Lipinski definition) is 2. The number of nitrogens with one attached hydrogen (secondary N) is 2. The van der Waals surface area contributed by atoms with Crippen LogP contribution >= 0.6 is 0 Å². The normalized spacial score (nSPS) is 19.0. The van der Waals surface area contributed by atoms with E-state index < -0.39 is 0 Å². The van der Waals surface area contributed by atoms with Crippen LogP contribution in [0.5, 0.6) is 0 Å². The molecule has 1 aliphatic heterocycles. The van der Waals surface area contributed by atoms with E-state index in [1.54, 1.807) is 12.1 Å². The topological polar surface area (TPSA) is 37.0 Å². The lowest BCUT2D eigenvalue weighted by atomic mass is 9.94. The quantitative estimate of drug-likeness (QED) is 0.860. The van der Waals surface area contributed by atoms with Crippen molar-refractivity contribution in [3.63, 3.8) is 0 Å². The first kappa shape index (κ1) is 14.0. The molecule has 0 saturated heterocycles. The lowest BCUT2D eigenvalue weighted by Gasteiger charge is -2.27. The van der Waals surface area contributed by atoms with Crippen molar-refractivity contribution in [3.8, 4) is 0 Å². The van der Waals surface area contributed by atoms with Gasteiger partial charge in [0.05, 0.1) is 5.70 Å². The Morgan fingerprint density at radius 3 is 2.71 bits per heavy atom. The van der Waals surface area contributed by atoms with E-state index in [0.29, 0.717) is 0 Å². The van der Waals surface area contributed by atoms with Gasteiger partial charge in [-0.1, -0.05) is 27.7 Å². The molecule has 3 rings (SSSR count). The maximum absolute atomic E-state index is 13.5. The Kier molecular flexibility index (Phi) is 3.19. The number of rotatable bonds is 2. The van der Waals surface area contributed by atoms with Crippen LogP contribution in [0.25, 0.3) is 16.7 Å². The number of hydrogen-bond donors (Lipinski definition) is 2. The number of benzene rings is 1. The largest absolute Gasteiger partial charge is 0.468 e. The van der Waals surface area contributed by atoms with Crippen molar-refractivity contribution in [2.24, 2.45) is 5.41 Å². The molecule has 0 amide bonds. The molecule has 1 aromatic heterocycles. The second-order valence-corrected chi connectivity index (χ2v) is 6.56. The number of H-pyrrole nitrogens is 1. The van der Waals surface area contributed by atoms with E-state index in [-0.39, 0.29) is 17.5 Å². The van der Waals surface area contributed by atoms with E-state index in [2.05, 4.69) is 38.0 Å². The highest BCUT2D eigenvalue weighted by Gasteiger charge is 2.34. The Labute approximate surface area is 124 Å². The summed E-state index contributed by atoms with van der Waals surface area (Å²) in [7, 11) is 0. The van der Waals surface area contributed by atoms with Gasteiger partial charge in [-0.05, 0) is 24.6 Å². The summed E-state index contributed by atoms with van der Waals surface area (Å²) in [5.74, 6) is 0.592. The molecule has 2 aromatic rings.